The molecule has 8 heteroatoms. The molecule has 0 bridgehead atoms. The zero-order chi connectivity index (χ0) is 15.8. The molecule has 8 nitrogen and oxygen atoms in total. The lowest BCUT2D eigenvalue weighted by Gasteiger charge is -2.41. The normalized spacial score (nSPS) is 17.2. The summed E-state index contributed by atoms with van der Waals surface area (Å²) in [5.41, 5.74) is 4.51. The molecule has 0 saturated carbocycles. The number of amides is 2. The summed E-state index contributed by atoms with van der Waals surface area (Å²) < 4.78 is 0. The van der Waals surface area contributed by atoms with Crippen molar-refractivity contribution in [1.82, 2.24) is 10.2 Å². The standard InChI is InChI=1S/C13H16N4O4/c1-13(2)12(19)15-5-6-16(13)11(18)8-3-4-10(17(20)21)9(14)7-8/h3-4,7H,5-6,14H2,1-2H3,(H,15,19). The average molecular weight is 292 g/mol. The van der Waals surface area contributed by atoms with E-state index in [1.54, 1.807) is 13.8 Å². The lowest BCUT2D eigenvalue weighted by Crippen LogP contribution is -2.63. The number of benzene rings is 1. The Bertz CT molecular complexity index is 627. The number of nitro benzene ring substituents is 1. The number of anilines is 1. The van der Waals surface area contributed by atoms with Crippen molar-refractivity contribution in [1.29, 1.82) is 0 Å². The van der Waals surface area contributed by atoms with Gasteiger partial charge in [-0.15, -0.1) is 0 Å². The van der Waals surface area contributed by atoms with Crippen LogP contribution in [0.25, 0.3) is 0 Å². The molecule has 1 saturated heterocycles. The molecule has 0 aliphatic carbocycles. The molecule has 2 amide bonds. The fourth-order valence-corrected chi connectivity index (χ4v) is 2.26. The topological polar surface area (TPSA) is 119 Å². The zero-order valence-corrected chi connectivity index (χ0v) is 11.8. The van der Waals surface area contributed by atoms with Gasteiger partial charge in [0.1, 0.15) is 11.2 Å². The average Bonchev–Trinajstić information content (AvgIpc) is 2.40. The molecule has 1 fully saturated rings. The molecule has 0 unspecified atom stereocenters. The minimum atomic E-state index is -0.980. The van der Waals surface area contributed by atoms with Crippen molar-refractivity contribution in [3.63, 3.8) is 0 Å². The second-order valence-corrected chi connectivity index (χ2v) is 5.30. The molecular formula is C13H16N4O4. The van der Waals surface area contributed by atoms with E-state index in [0.29, 0.717) is 13.1 Å². The number of carbonyl (C=O) groups is 2. The van der Waals surface area contributed by atoms with Gasteiger partial charge >= 0.3 is 0 Å². The van der Waals surface area contributed by atoms with Crippen LogP contribution in [0, 0.1) is 10.1 Å². The second kappa shape index (κ2) is 5.04. The zero-order valence-electron chi connectivity index (χ0n) is 11.8. The van der Waals surface area contributed by atoms with E-state index in [1.165, 1.54) is 23.1 Å². The molecule has 1 aromatic carbocycles. The number of nitrogens with one attached hydrogen (secondary N) is 1. The molecule has 21 heavy (non-hydrogen) atoms. The van der Waals surface area contributed by atoms with Crippen LogP contribution in [0.1, 0.15) is 24.2 Å². The van der Waals surface area contributed by atoms with Gasteiger partial charge < -0.3 is 16.0 Å². The Morgan fingerprint density at radius 1 is 1.48 bits per heavy atom. The van der Waals surface area contributed by atoms with Gasteiger partial charge in [0.2, 0.25) is 5.91 Å². The first-order valence-corrected chi connectivity index (χ1v) is 6.39. The third kappa shape index (κ3) is 2.51. The van der Waals surface area contributed by atoms with Gasteiger partial charge in [-0.2, -0.15) is 0 Å². The minimum absolute atomic E-state index is 0.0786. The Morgan fingerprint density at radius 2 is 2.14 bits per heavy atom. The lowest BCUT2D eigenvalue weighted by molar-refractivity contribution is -0.383. The number of nitrogens with two attached hydrogens (primary N) is 1. The molecule has 1 aliphatic heterocycles. The van der Waals surface area contributed by atoms with Crippen molar-refractivity contribution in [3.8, 4) is 0 Å². The first-order chi connectivity index (χ1) is 9.75. The number of carbonyl (C=O) groups excluding carboxylic acids is 2. The van der Waals surface area contributed by atoms with E-state index in [1.807, 2.05) is 0 Å². The van der Waals surface area contributed by atoms with Crippen molar-refractivity contribution in [2.45, 2.75) is 19.4 Å². The van der Waals surface area contributed by atoms with Gasteiger partial charge in [-0.3, -0.25) is 19.7 Å². The van der Waals surface area contributed by atoms with Crippen molar-refractivity contribution in [2.75, 3.05) is 18.8 Å². The molecular weight excluding hydrogens is 276 g/mol. The van der Waals surface area contributed by atoms with Gasteiger partial charge in [-0.05, 0) is 26.0 Å². The summed E-state index contributed by atoms with van der Waals surface area (Å²) in [4.78, 5) is 35.9. The van der Waals surface area contributed by atoms with E-state index in [9.17, 15) is 19.7 Å². The SMILES string of the molecule is CC1(C)C(=O)NCCN1C(=O)c1ccc([N+](=O)[O-])c(N)c1. The van der Waals surface area contributed by atoms with Gasteiger partial charge in [0.05, 0.1) is 4.92 Å². The maximum Gasteiger partial charge on any atom is 0.292 e. The number of nitro groups is 1. The summed E-state index contributed by atoms with van der Waals surface area (Å²) in [6, 6.07) is 3.81. The summed E-state index contributed by atoms with van der Waals surface area (Å²) in [5.74, 6) is -0.617. The minimum Gasteiger partial charge on any atom is -0.393 e. The van der Waals surface area contributed by atoms with E-state index in [0.717, 1.165) is 0 Å². The second-order valence-electron chi connectivity index (χ2n) is 5.30. The number of rotatable bonds is 2. The van der Waals surface area contributed by atoms with Crippen molar-refractivity contribution < 1.29 is 14.5 Å². The van der Waals surface area contributed by atoms with Crippen molar-refractivity contribution >= 4 is 23.2 Å². The Labute approximate surface area is 121 Å². The van der Waals surface area contributed by atoms with Crippen LogP contribution in [-0.4, -0.2) is 40.3 Å². The Kier molecular flexibility index (Phi) is 3.54. The molecule has 2 rings (SSSR count). The quantitative estimate of drug-likeness (QED) is 0.468. The fraction of sp³-hybridized carbons (Fsp3) is 0.385. The maximum atomic E-state index is 12.5. The number of nitrogen functional groups attached to an aromatic ring is 1. The molecule has 0 radical (unpaired) electrons. The van der Waals surface area contributed by atoms with Crippen LogP contribution < -0.4 is 11.1 Å². The van der Waals surface area contributed by atoms with E-state index in [-0.39, 0.29) is 28.8 Å². The summed E-state index contributed by atoms with van der Waals surface area (Å²) >= 11 is 0. The summed E-state index contributed by atoms with van der Waals surface area (Å²) in [5, 5.41) is 13.4. The third-order valence-corrected chi connectivity index (χ3v) is 3.57. The van der Waals surface area contributed by atoms with E-state index >= 15 is 0 Å². The highest BCUT2D eigenvalue weighted by Crippen LogP contribution is 2.25. The van der Waals surface area contributed by atoms with E-state index in [2.05, 4.69) is 5.32 Å². The van der Waals surface area contributed by atoms with Crippen LogP contribution >= 0.6 is 0 Å². The highest BCUT2D eigenvalue weighted by Gasteiger charge is 2.40. The largest absolute Gasteiger partial charge is 0.393 e. The molecule has 1 heterocycles. The number of piperazine rings is 1. The Hall–Kier alpha value is -2.64. The number of hydrogen-bond acceptors (Lipinski definition) is 5. The molecule has 1 aromatic rings. The smallest absolute Gasteiger partial charge is 0.292 e. The monoisotopic (exact) mass is 292 g/mol. The Balaban J connectivity index is 2.34. The van der Waals surface area contributed by atoms with Gasteiger partial charge in [0.25, 0.3) is 11.6 Å². The van der Waals surface area contributed by atoms with Crippen LogP contribution in [0.5, 0.6) is 0 Å². The van der Waals surface area contributed by atoms with Crippen molar-refractivity contribution in [2.24, 2.45) is 0 Å². The molecule has 0 spiro atoms. The van der Waals surface area contributed by atoms with E-state index in [4.69, 9.17) is 5.73 Å². The van der Waals surface area contributed by atoms with Crippen LogP contribution in [0.3, 0.4) is 0 Å². The van der Waals surface area contributed by atoms with Crippen LogP contribution in [0.4, 0.5) is 11.4 Å². The van der Waals surface area contributed by atoms with Gasteiger partial charge in [0.15, 0.2) is 0 Å². The molecule has 0 aromatic heterocycles. The van der Waals surface area contributed by atoms with Gasteiger partial charge in [-0.25, -0.2) is 0 Å². The summed E-state index contributed by atoms with van der Waals surface area (Å²) in [6.45, 7) is 4.03. The number of hydrogen-bond donors (Lipinski definition) is 2. The summed E-state index contributed by atoms with van der Waals surface area (Å²) in [6.07, 6.45) is 0. The maximum absolute atomic E-state index is 12.5. The highest BCUT2D eigenvalue weighted by molar-refractivity contribution is 6.00. The van der Waals surface area contributed by atoms with Gasteiger partial charge in [-0.1, -0.05) is 0 Å². The highest BCUT2D eigenvalue weighted by atomic mass is 16.6. The first-order valence-electron chi connectivity index (χ1n) is 6.39. The first kappa shape index (κ1) is 14.8. The molecule has 112 valence electrons. The van der Waals surface area contributed by atoms with Crippen LogP contribution in [-0.2, 0) is 4.79 Å². The van der Waals surface area contributed by atoms with Gasteiger partial charge in [0, 0.05) is 24.7 Å². The summed E-state index contributed by atoms with van der Waals surface area (Å²) in [7, 11) is 0. The fourth-order valence-electron chi connectivity index (χ4n) is 2.26. The molecule has 1 aliphatic rings. The predicted octanol–water partition coefficient (Wildman–Crippen LogP) is 0.528. The number of nitrogens with zero attached hydrogens (tertiary/aromatic N) is 2. The Morgan fingerprint density at radius 3 is 2.71 bits per heavy atom. The van der Waals surface area contributed by atoms with Crippen LogP contribution in [0.15, 0.2) is 18.2 Å². The molecule has 0 atom stereocenters. The molecule has 3 N–H and O–H groups in total. The van der Waals surface area contributed by atoms with Crippen LogP contribution in [0.2, 0.25) is 0 Å². The van der Waals surface area contributed by atoms with Crippen molar-refractivity contribution in [3.05, 3.63) is 33.9 Å². The van der Waals surface area contributed by atoms with E-state index < -0.39 is 10.5 Å². The lowest BCUT2D eigenvalue weighted by atomic mass is 9.97. The third-order valence-electron chi connectivity index (χ3n) is 3.57. The predicted molar refractivity (Wildman–Crippen MR) is 75.6 cm³/mol.